The molecule has 0 bridgehead atoms. The topological polar surface area (TPSA) is 189 Å². The molecular weight excluding hydrogens is 967 g/mol. The van der Waals surface area contributed by atoms with Gasteiger partial charge in [0.15, 0.2) is 6.29 Å². The van der Waals surface area contributed by atoms with Gasteiger partial charge < -0.3 is 50.5 Å². The highest BCUT2D eigenvalue weighted by Crippen LogP contribution is 2.24. The van der Waals surface area contributed by atoms with Gasteiger partial charge in [-0.05, 0) is 77.0 Å². The zero-order valence-corrected chi connectivity index (χ0v) is 50.0. The van der Waals surface area contributed by atoms with Crippen LogP contribution in [0.4, 0.5) is 0 Å². The second-order valence-corrected chi connectivity index (χ2v) is 23.2. The number of aliphatic hydroxyl groups is 7. The first-order chi connectivity index (χ1) is 37.7. The molecular formula is C66H125NO10. The summed E-state index contributed by atoms with van der Waals surface area (Å²) in [7, 11) is 0. The van der Waals surface area contributed by atoms with Crippen LogP contribution in [0.1, 0.15) is 309 Å². The maximum absolute atomic E-state index is 13.2. The number of rotatable bonds is 57. The molecule has 1 aliphatic rings. The molecule has 9 unspecified atom stereocenters. The zero-order chi connectivity index (χ0) is 56.1. The first-order valence-corrected chi connectivity index (χ1v) is 32.9. The van der Waals surface area contributed by atoms with Gasteiger partial charge in [-0.1, -0.05) is 269 Å². The smallest absolute Gasteiger partial charge is 0.249 e. The van der Waals surface area contributed by atoms with Crippen molar-refractivity contribution in [1.29, 1.82) is 0 Å². The molecule has 9 atom stereocenters. The third-order valence-electron chi connectivity index (χ3n) is 15.9. The predicted molar refractivity (Wildman–Crippen MR) is 321 cm³/mol. The van der Waals surface area contributed by atoms with Gasteiger partial charge in [-0.3, -0.25) is 4.79 Å². The zero-order valence-electron chi connectivity index (χ0n) is 50.0. The number of hydrogen-bond donors (Lipinski definition) is 8. The van der Waals surface area contributed by atoms with Gasteiger partial charge in [0.2, 0.25) is 5.91 Å². The predicted octanol–water partition coefficient (Wildman–Crippen LogP) is 15.0. The Bertz CT molecular complexity index is 1350. The highest BCUT2D eigenvalue weighted by Gasteiger charge is 2.44. The first-order valence-electron chi connectivity index (χ1n) is 32.9. The Labute approximate surface area is 473 Å². The number of carbonyl (C=O) groups is 1. The van der Waals surface area contributed by atoms with Crippen LogP contribution in [0.3, 0.4) is 0 Å². The normalized spacial score (nSPS) is 19.7. The summed E-state index contributed by atoms with van der Waals surface area (Å²) in [5, 5.41) is 76.3. The van der Waals surface area contributed by atoms with E-state index in [4.69, 9.17) is 9.47 Å². The van der Waals surface area contributed by atoms with Crippen LogP contribution in [0.5, 0.6) is 0 Å². The highest BCUT2D eigenvalue weighted by molar-refractivity contribution is 5.80. The molecule has 1 fully saturated rings. The molecule has 454 valence electrons. The molecule has 0 saturated carbocycles. The summed E-state index contributed by atoms with van der Waals surface area (Å²) in [5.41, 5.74) is 0. The van der Waals surface area contributed by atoms with E-state index in [0.717, 1.165) is 57.8 Å². The number of aliphatic hydroxyl groups excluding tert-OH is 7. The lowest BCUT2D eigenvalue weighted by molar-refractivity contribution is -0.303. The van der Waals surface area contributed by atoms with Gasteiger partial charge >= 0.3 is 0 Å². The summed E-state index contributed by atoms with van der Waals surface area (Å²) in [5.74, 6) is -0.712. The van der Waals surface area contributed by atoms with E-state index in [1.807, 2.05) is 0 Å². The van der Waals surface area contributed by atoms with Crippen molar-refractivity contribution in [3.8, 4) is 0 Å². The molecule has 1 rings (SSSR count). The number of carbonyl (C=O) groups excluding carboxylic acids is 1. The van der Waals surface area contributed by atoms with Crippen LogP contribution >= 0.6 is 0 Å². The minimum Gasteiger partial charge on any atom is -0.394 e. The fraction of sp³-hybridized carbons (Fsp3) is 0.894. The van der Waals surface area contributed by atoms with E-state index in [-0.39, 0.29) is 12.8 Å². The Balaban J connectivity index is 2.25. The van der Waals surface area contributed by atoms with E-state index in [2.05, 4.69) is 55.6 Å². The van der Waals surface area contributed by atoms with Crippen LogP contribution in [-0.2, 0) is 14.3 Å². The number of nitrogens with one attached hydrogen (secondary N) is 1. The molecule has 1 saturated heterocycles. The van der Waals surface area contributed by atoms with E-state index in [1.165, 1.54) is 205 Å². The molecule has 1 heterocycles. The molecule has 0 aromatic heterocycles. The SMILES string of the molecule is CCCCCCCCCCC/C=C\CCCCCCCCC(O)C(=O)NC(COC1OC(CO)C(O)C(O)C1O)C(O)C(O)CCC/C=C/CC/C=C/CCCCCCCCCCCCCCCCCCCCCCCC. The lowest BCUT2D eigenvalue weighted by Crippen LogP contribution is -2.60. The van der Waals surface area contributed by atoms with Crippen molar-refractivity contribution in [1.82, 2.24) is 5.32 Å². The van der Waals surface area contributed by atoms with Crippen molar-refractivity contribution < 1.29 is 50.0 Å². The summed E-state index contributed by atoms with van der Waals surface area (Å²) in [6.45, 7) is 3.47. The Morgan fingerprint density at radius 1 is 0.442 bits per heavy atom. The third-order valence-corrected chi connectivity index (χ3v) is 15.9. The highest BCUT2D eigenvalue weighted by atomic mass is 16.7. The van der Waals surface area contributed by atoms with Crippen molar-refractivity contribution in [3.05, 3.63) is 36.5 Å². The van der Waals surface area contributed by atoms with E-state index >= 15 is 0 Å². The second kappa shape index (κ2) is 54.9. The van der Waals surface area contributed by atoms with Crippen LogP contribution in [0.15, 0.2) is 36.5 Å². The maximum atomic E-state index is 13.2. The van der Waals surface area contributed by atoms with E-state index in [0.29, 0.717) is 19.3 Å². The molecule has 8 N–H and O–H groups in total. The van der Waals surface area contributed by atoms with Crippen LogP contribution in [0.25, 0.3) is 0 Å². The van der Waals surface area contributed by atoms with Gasteiger partial charge in [0.05, 0.1) is 25.4 Å². The molecule has 11 heteroatoms. The molecule has 11 nitrogen and oxygen atoms in total. The number of unbranched alkanes of at least 4 members (excludes halogenated alkanes) is 39. The van der Waals surface area contributed by atoms with Gasteiger partial charge in [-0.15, -0.1) is 0 Å². The number of ether oxygens (including phenoxy) is 2. The van der Waals surface area contributed by atoms with Crippen molar-refractivity contribution in [2.24, 2.45) is 0 Å². The monoisotopic (exact) mass is 1090 g/mol. The van der Waals surface area contributed by atoms with Crippen LogP contribution in [0.2, 0.25) is 0 Å². The van der Waals surface area contributed by atoms with Crippen molar-refractivity contribution in [2.75, 3.05) is 13.2 Å². The van der Waals surface area contributed by atoms with E-state index in [1.54, 1.807) is 0 Å². The lowest BCUT2D eigenvalue weighted by Gasteiger charge is -2.40. The summed E-state index contributed by atoms with van der Waals surface area (Å²) < 4.78 is 11.2. The molecule has 1 amide bonds. The molecule has 1 aliphatic heterocycles. The fourth-order valence-electron chi connectivity index (χ4n) is 10.6. The number of hydrogen-bond acceptors (Lipinski definition) is 10. The summed E-state index contributed by atoms with van der Waals surface area (Å²) in [6, 6.07) is -1.19. The molecule has 77 heavy (non-hydrogen) atoms. The van der Waals surface area contributed by atoms with Gasteiger partial charge in [-0.2, -0.15) is 0 Å². The third kappa shape index (κ3) is 42.8. The largest absolute Gasteiger partial charge is 0.394 e. The standard InChI is InChI=1S/C66H125NO10/c1-3-5-7-9-11-13-15-17-19-21-23-24-25-26-27-28-29-30-31-32-33-34-36-37-39-41-43-45-47-49-51-53-58(69)61(71)57(56-76-66-64(74)63(73)62(72)60(55-68)77-66)67-65(75)59(70)54-52-50-48-46-44-42-40-38-35-22-20-18-16-14-12-10-8-6-4-2/h35,37-39,45,47,57-64,66,68-74H,3-34,36,40-44,46,48-56H2,1-2H3,(H,67,75)/b38-35-,39-37+,47-45+. The van der Waals surface area contributed by atoms with Gasteiger partial charge in [0.1, 0.15) is 36.6 Å². The quantitative estimate of drug-likeness (QED) is 0.0215. The molecule has 0 aromatic carbocycles. The summed E-state index contributed by atoms with van der Waals surface area (Å²) in [6.07, 6.45) is 58.0. The number of allylic oxidation sites excluding steroid dienone is 6. The molecule has 0 spiro atoms. The van der Waals surface area contributed by atoms with Crippen molar-refractivity contribution >= 4 is 5.91 Å². The Kier molecular flexibility index (Phi) is 52.3. The van der Waals surface area contributed by atoms with Crippen molar-refractivity contribution in [2.45, 2.75) is 364 Å². The second-order valence-electron chi connectivity index (χ2n) is 23.2. The first kappa shape index (κ1) is 73.3. The number of amides is 1. The van der Waals surface area contributed by atoms with E-state index in [9.17, 15) is 40.5 Å². The van der Waals surface area contributed by atoms with E-state index < -0.39 is 74.2 Å². The minimum absolute atomic E-state index is 0.244. The van der Waals surface area contributed by atoms with Crippen LogP contribution in [0, 0.1) is 0 Å². The van der Waals surface area contributed by atoms with Crippen LogP contribution < -0.4 is 5.32 Å². The van der Waals surface area contributed by atoms with Crippen molar-refractivity contribution in [3.63, 3.8) is 0 Å². The average Bonchev–Trinajstić information content (AvgIpc) is 3.43. The Morgan fingerprint density at radius 2 is 0.779 bits per heavy atom. The van der Waals surface area contributed by atoms with Crippen LogP contribution in [-0.4, -0.2) is 110 Å². The minimum atomic E-state index is -1.67. The molecule has 0 aromatic rings. The summed E-state index contributed by atoms with van der Waals surface area (Å²) >= 11 is 0. The Morgan fingerprint density at radius 3 is 1.16 bits per heavy atom. The van der Waals surface area contributed by atoms with Gasteiger partial charge in [0, 0.05) is 0 Å². The van der Waals surface area contributed by atoms with Gasteiger partial charge in [-0.25, -0.2) is 0 Å². The van der Waals surface area contributed by atoms with Gasteiger partial charge in [0.25, 0.3) is 0 Å². The lowest BCUT2D eigenvalue weighted by atomic mass is 9.98. The molecule has 0 aliphatic carbocycles. The Hall–Kier alpha value is -1.67. The maximum Gasteiger partial charge on any atom is 0.249 e. The average molecular weight is 1090 g/mol. The fourth-order valence-corrected chi connectivity index (χ4v) is 10.6. The summed E-state index contributed by atoms with van der Waals surface area (Å²) in [4.78, 5) is 13.2. The molecule has 0 radical (unpaired) electrons.